The van der Waals surface area contributed by atoms with Crippen molar-refractivity contribution in [3.8, 4) is 34.0 Å². The van der Waals surface area contributed by atoms with Crippen molar-refractivity contribution in [2.45, 2.75) is 46.3 Å². The standard InChI is InChI=1S/C24H26N6O3.C23H24N6O2/c1-15(32)25-8-4-5-23-26-11-16-12-27-24-22(30(16)23)10-21(29(24)14-31)19-13-28(2)20-7-6-17(33-3)9-18(19)20;1-14(30)24-8-4-5-22-25-11-15-12-26-23-21(29(15)22)10-19(27-23)18-13-28(2)20-7-6-16(31-3)9-17(18)20/h6-7,9-13,31H,4-5,8,14H2,1-3H3,(H,25,32);6-7,9-13,27H,4-5,8H2,1-3H3,(H,24,30). The fourth-order valence-corrected chi connectivity index (χ4v) is 8.63. The number of fused-ring (bicyclic) bond motifs is 8. The van der Waals surface area contributed by atoms with Crippen LogP contribution in [0.15, 0.2) is 85.7 Å². The minimum Gasteiger partial charge on any atom is -0.497 e. The summed E-state index contributed by atoms with van der Waals surface area (Å²) in [4.78, 5) is 44.2. The molecule has 0 aliphatic carbocycles. The van der Waals surface area contributed by atoms with Crippen molar-refractivity contribution >= 4 is 67.0 Å². The number of nitrogens with zero attached hydrogens (tertiary/aromatic N) is 9. The average Bonchev–Trinajstić information content (AvgIpc) is 4.16. The third-order valence-electron chi connectivity index (χ3n) is 11.7. The molecule has 0 saturated heterocycles. The Kier molecular flexibility index (Phi) is 11.2. The molecule has 4 N–H and O–H groups in total. The number of benzene rings is 2. The molecule has 17 nitrogen and oxygen atoms in total. The van der Waals surface area contributed by atoms with Gasteiger partial charge in [0.05, 0.1) is 72.5 Å². The molecule has 64 heavy (non-hydrogen) atoms. The van der Waals surface area contributed by atoms with Gasteiger partial charge in [-0.2, -0.15) is 0 Å². The lowest BCUT2D eigenvalue weighted by molar-refractivity contribution is -0.119. The summed E-state index contributed by atoms with van der Waals surface area (Å²) in [5.74, 6) is 3.40. The predicted molar refractivity (Wildman–Crippen MR) is 246 cm³/mol. The SMILES string of the molecule is COc1ccc2c(c1)c(-c1cc3c(ncc4cnc(CCCNC(C)=O)n43)[nH]1)cn2C.COc1ccc2c(c1)c(-c1cc3c(ncc4cnc(CCCNC(C)=O)n43)n1CO)cn2C. The number of carbonyl (C=O) groups is 2. The molecule has 0 saturated carbocycles. The molecule has 8 aromatic heterocycles. The molecule has 0 unspecified atom stereocenters. The van der Waals surface area contributed by atoms with Crippen LogP contribution in [-0.4, -0.2) is 91.7 Å². The molecule has 2 amide bonds. The number of carbonyl (C=O) groups excluding carboxylic acids is 2. The number of aromatic amines is 1. The first-order chi connectivity index (χ1) is 31.1. The van der Waals surface area contributed by atoms with Gasteiger partial charge in [-0.25, -0.2) is 19.9 Å². The lowest BCUT2D eigenvalue weighted by Gasteiger charge is -2.07. The van der Waals surface area contributed by atoms with E-state index in [1.165, 1.54) is 13.8 Å². The van der Waals surface area contributed by atoms with E-state index >= 15 is 0 Å². The van der Waals surface area contributed by atoms with Gasteiger partial charge in [-0.3, -0.25) is 18.4 Å². The highest BCUT2D eigenvalue weighted by molar-refractivity contribution is 6.00. The Bertz CT molecular complexity index is 3360. The number of aliphatic hydroxyl groups excluding tert-OH is 1. The van der Waals surface area contributed by atoms with Crippen LogP contribution >= 0.6 is 0 Å². The summed E-state index contributed by atoms with van der Waals surface area (Å²) in [5.41, 5.74) is 11.3. The van der Waals surface area contributed by atoms with E-state index in [-0.39, 0.29) is 18.5 Å². The van der Waals surface area contributed by atoms with Gasteiger partial charge in [0.15, 0.2) is 11.3 Å². The van der Waals surface area contributed by atoms with Gasteiger partial charge >= 0.3 is 0 Å². The number of hydrogen-bond acceptors (Lipinski definition) is 9. The van der Waals surface area contributed by atoms with Crippen LogP contribution in [0.5, 0.6) is 11.5 Å². The number of aromatic nitrogens is 10. The van der Waals surface area contributed by atoms with Crippen LogP contribution < -0.4 is 20.1 Å². The van der Waals surface area contributed by atoms with Crippen molar-refractivity contribution in [1.29, 1.82) is 0 Å². The van der Waals surface area contributed by atoms with Crippen LogP contribution in [0.2, 0.25) is 0 Å². The minimum atomic E-state index is -0.204. The van der Waals surface area contributed by atoms with Gasteiger partial charge in [0.25, 0.3) is 0 Å². The topological polar surface area (TPSA) is 188 Å². The van der Waals surface area contributed by atoms with Gasteiger partial charge in [-0.15, -0.1) is 0 Å². The van der Waals surface area contributed by atoms with E-state index in [1.54, 1.807) is 26.6 Å². The van der Waals surface area contributed by atoms with Crippen LogP contribution in [0.1, 0.15) is 38.3 Å². The lowest BCUT2D eigenvalue weighted by Crippen LogP contribution is -2.21. The quantitative estimate of drug-likeness (QED) is 0.0963. The number of H-pyrrole nitrogens is 1. The first kappa shape index (κ1) is 41.7. The zero-order valence-electron chi connectivity index (χ0n) is 36.6. The zero-order chi connectivity index (χ0) is 44.6. The maximum Gasteiger partial charge on any atom is 0.216 e. The van der Waals surface area contributed by atoms with Gasteiger partial charge in [-0.05, 0) is 61.4 Å². The molecule has 0 fully saturated rings. The fourth-order valence-electron chi connectivity index (χ4n) is 8.63. The normalized spacial score (nSPS) is 11.6. The molecule has 328 valence electrons. The van der Waals surface area contributed by atoms with Crippen molar-refractivity contribution in [3.05, 3.63) is 97.4 Å². The van der Waals surface area contributed by atoms with Crippen LogP contribution in [-0.2, 0) is 43.3 Å². The smallest absolute Gasteiger partial charge is 0.216 e. The zero-order valence-corrected chi connectivity index (χ0v) is 36.6. The molecule has 8 heterocycles. The number of nitrogens with one attached hydrogen (secondary N) is 3. The van der Waals surface area contributed by atoms with Gasteiger partial charge in [0, 0.05) is 99.2 Å². The minimum absolute atomic E-state index is 0.0124. The number of amides is 2. The molecule has 17 heteroatoms. The molecule has 10 aromatic rings. The van der Waals surface area contributed by atoms with E-state index in [2.05, 4.69) is 90.1 Å². The van der Waals surface area contributed by atoms with Crippen molar-refractivity contribution < 1.29 is 24.2 Å². The number of aryl methyl sites for hydroxylation is 4. The molecular formula is C47H50N12O5. The third-order valence-corrected chi connectivity index (χ3v) is 11.7. The van der Waals surface area contributed by atoms with E-state index in [4.69, 9.17) is 9.47 Å². The number of aliphatic hydroxyl groups is 1. The Balaban J connectivity index is 0.000000162. The Morgan fingerprint density at radius 3 is 1.77 bits per heavy atom. The van der Waals surface area contributed by atoms with E-state index in [9.17, 15) is 14.7 Å². The first-order valence-electron chi connectivity index (χ1n) is 21.1. The Labute approximate surface area is 367 Å². The lowest BCUT2D eigenvalue weighted by atomic mass is 10.1. The van der Waals surface area contributed by atoms with E-state index in [0.717, 1.165) is 114 Å². The average molecular weight is 863 g/mol. The molecular weight excluding hydrogens is 813 g/mol. The van der Waals surface area contributed by atoms with E-state index < -0.39 is 0 Å². The summed E-state index contributed by atoms with van der Waals surface area (Å²) in [7, 11) is 7.38. The third kappa shape index (κ3) is 7.63. The first-order valence-corrected chi connectivity index (χ1v) is 21.1. The summed E-state index contributed by atoms with van der Waals surface area (Å²) in [6.07, 6.45) is 14.5. The van der Waals surface area contributed by atoms with Crippen molar-refractivity contribution in [2.24, 2.45) is 14.1 Å². The highest BCUT2D eigenvalue weighted by atomic mass is 16.5. The fraction of sp³-hybridized carbons (Fsp3) is 0.277. The molecule has 0 aliphatic rings. The second-order valence-corrected chi connectivity index (χ2v) is 15.9. The van der Waals surface area contributed by atoms with Gasteiger partial charge < -0.3 is 43.9 Å². The largest absolute Gasteiger partial charge is 0.497 e. The van der Waals surface area contributed by atoms with Crippen LogP contribution in [0.3, 0.4) is 0 Å². The molecule has 0 radical (unpaired) electrons. The number of imidazole rings is 2. The van der Waals surface area contributed by atoms with Gasteiger partial charge in [0.2, 0.25) is 11.8 Å². The molecule has 0 atom stereocenters. The summed E-state index contributed by atoms with van der Waals surface area (Å²) in [5, 5.41) is 18.1. The van der Waals surface area contributed by atoms with Crippen LogP contribution in [0.4, 0.5) is 0 Å². The maximum atomic E-state index is 11.2. The second-order valence-electron chi connectivity index (χ2n) is 15.9. The van der Waals surface area contributed by atoms with E-state index in [1.807, 2.05) is 55.3 Å². The number of hydrogen-bond donors (Lipinski definition) is 4. The molecule has 0 bridgehead atoms. The van der Waals surface area contributed by atoms with Gasteiger partial charge in [0.1, 0.15) is 29.9 Å². The molecule has 0 aliphatic heterocycles. The van der Waals surface area contributed by atoms with Crippen LogP contribution in [0.25, 0.3) is 77.7 Å². The number of methoxy groups -OCH3 is 2. The maximum absolute atomic E-state index is 11.2. The Morgan fingerprint density at radius 2 is 1.20 bits per heavy atom. The second kappa shape index (κ2) is 17.2. The molecule has 10 rings (SSSR count). The summed E-state index contributed by atoms with van der Waals surface area (Å²) < 4.78 is 21.1. The number of rotatable bonds is 13. The molecule has 0 spiro atoms. The molecule has 2 aromatic carbocycles. The Hall–Kier alpha value is -7.66. The monoisotopic (exact) mass is 862 g/mol. The summed E-state index contributed by atoms with van der Waals surface area (Å²) in [6, 6.07) is 16.3. The Morgan fingerprint density at radius 1 is 0.672 bits per heavy atom. The van der Waals surface area contributed by atoms with Crippen molar-refractivity contribution in [1.82, 2.24) is 58.1 Å². The highest BCUT2D eigenvalue weighted by Gasteiger charge is 2.20. The van der Waals surface area contributed by atoms with Crippen molar-refractivity contribution in [2.75, 3.05) is 27.3 Å². The highest BCUT2D eigenvalue weighted by Crippen LogP contribution is 2.37. The van der Waals surface area contributed by atoms with Gasteiger partial charge in [-0.1, -0.05) is 0 Å². The number of ether oxygens (including phenoxy) is 2. The summed E-state index contributed by atoms with van der Waals surface area (Å²) >= 11 is 0. The van der Waals surface area contributed by atoms with E-state index in [0.29, 0.717) is 25.2 Å². The predicted octanol–water partition coefficient (Wildman–Crippen LogP) is 6.32. The van der Waals surface area contributed by atoms with Crippen LogP contribution in [0, 0.1) is 0 Å². The van der Waals surface area contributed by atoms with Crippen molar-refractivity contribution in [3.63, 3.8) is 0 Å². The summed E-state index contributed by atoms with van der Waals surface area (Å²) in [6.45, 7) is 4.07.